The average molecular weight is 162 g/mol. The summed E-state index contributed by atoms with van der Waals surface area (Å²) < 4.78 is 11.5. The topological polar surface area (TPSA) is 34.1 Å². The van der Waals surface area contributed by atoms with Crippen LogP contribution in [0.5, 0.6) is 0 Å². The number of ketones is 1. The summed E-state index contributed by atoms with van der Waals surface area (Å²) in [5.74, 6) is 0.0273. The van der Waals surface area contributed by atoms with Gasteiger partial charge in [0.1, 0.15) is 5.78 Å². The van der Waals surface area contributed by atoms with Gasteiger partial charge < -0.3 is 4.57 Å². The van der Waals surface area contributed by atoms with Gasteiger partial charge in [-0.1, -0.05) is 13.8 Å². The van der Waals surface area contributed by atoms with E-state index in [2.05, 4.69) is 0 Å². The van der Waals surface area contributed by atoms with E-state index < -0.39 is 7.14 Å². The van der Waals surface area contributed by atoms with Crippen LogP contribution in [0.2, 0.25) is 0 Å². The maximum absolute atomic E-state index is 11.5. The number of hydrogen-bond donors (Lipinski definition) is 0. The Morgan fingerprint density at radius 2 is 1.90 bits per heavy atom. The van der Waals surface area contributed by atoms with Crippen LogP contribution in [0, 0.1) is 0 Å². The molecule has 10 heavy (non-hydrogen) atoms. The van der Waals surface area contributed by atoms with Crippen molar-refractivity contribution in [2.45, 2.75) is 26.4 Å². The van der Waals surface area contributed by atoms with Crippen LogP contribution in [0.3, 0.4) is 0 Å². The third-order valence-electron chi connectivity index (χ3n) is 1.63. The van der Waals surface area contributed by atoms with Gasteiger partial charge in [0.15, 0.2) is 0 Å². The molecule has 0 N–H and O–H groups in total. The zero-order valence-corrected chi connectivity index (χ0v) is 7.94. The van der Waals surface area contributed by atoms with Gasteiger partial charge in [0.25, 0.3) is 0 Å². The Bertz CT molecular complexity index is 172. The van der Waals surface area contributed by atoms with Gasteiger partial charge in [0.05, 0.1) is 13.3 Å². The van der Waals surface area contributed by atoms with E-state index in [1.54, 1.807) is 6.66 Å². The van der Waals surface area contributed by atoms with Crippen LogP contribution < -0.4 is 0 Å². The second kappa shape index (κ2) is 3.34. The predicted molar refractivity (Wildman–Crippen MR) is 44.2 cm³/mol. The number of hydrogen-bond acceptors (Lipinski definition) is 2. The van der Waals surface area contributed by atoms with Crippen molar-refractivity contribution in [3.63, 3.8) is 0 Å². The van der Waals surface area contributed by atoms with Gasteiger partial charge in [-0.3, -0.25) is 4.79 Å². The zero-order chi connectivity index (χ0) is 8.36. The maximum Gasteiger partial charge on any atom is 0.137 e. The molecule has 0 heterocycles. The van der Waals surface area contributed by atoms with Gasteiger partial charge in [0.2, 0.25) is 0 Å². The fourth-order valence-corrected chi connectivity index (χ4v) is 1.87. The van der Waals surface area contributed by atoms with Gasteiger partial charge in [-0.2, -0.15) is 0 Å². The third kappa shape index (κ3) is 3.17. The number of carbonyl (C=O) groups excluding carboxylic acids is 1. The monoisotopic (exact) mass is 162 g/mol. The molecule has 0 aliphatic heterocycles. The van der Waals surface area contributed by atoms with E-state index in [9.17, 15) is 9.36 Å². The van der Waals surface area contributed by atoms with Crippen LogP contribution in [-0.4, -0.2) is 24.3 Å². The molecule has 2 nitrogen and oxygen atoms in total. The molecule has 0 aromatic carbocycles. The minimum atomic E-state index is -2.17. The molecule has 0 aliphatic carbocycles. The summed E-state index contributed by atoms with van der Waals surface area (Å²) in [5.41, 5.74) is 0.136. The molecule has 0 fully saturated rings. The second-order valence-electron chi connectivity index (χ2n) is 3.13. The molecule has 0 bridgehead atoms. The van der Waals surface area contributed by atoms with Gasteiger partial charge >= 0.3 is 0 Å². The van der Waals surface area contributed by atoms with E-state index in [0.717, 1.165) is 0 Å². The normalized spacial score (nSPS) is 16.9. The lowest BCUT2D eigenvalue weighted by Crippen LogP contribution is -2.06. The largest absolute Gasteiger partial charge is 0.323 e. The highest BCUT2D eigenvalue weighted by Gasteiger charge is 2.21. The first-order valence-electron chi connectivity index (χ1n) is 3.42. The Labute approximate surface area is 62.4 Å². The highest BCUT2D eigenvalue weighted by Crippen LogP contribution is 2.45. The van der Waals surface area contributed by atoms with Crippen LogP contribution >= 0.6 is 7.14 Å². The molecule has 0 aliphatic rings. The van der Waals surface area contributed by atoms with Crippen LogP contribution in [0.15, 0.2) is 0 Å². The zero-order valence-electron chi connectivity index (χ0n) is 7.05. The molecule has 0 saturated carbocycles. The minimum absolute atomic E-state index is 0.0273. The molecule has 0 spiro atoms. The summed E-state index contributed by atoms with van der Waals surface area (Å²) in [6.45, 7) is 6.96. The Morgan fingerprint density at radius 1 is 1.50 bits per heavy atom. The number of rotatable bonds is 3. The molecular formula is C7H15O2P. The Morgan fingerprint density at radius 3 is 2.00 bits per heavy atom. The van der Waals surface area contributed by atoms with Crippen molar-refractivity contribution in [3.8, 4) is 0 Å². The van der Waals surface area contributed by atoms with Crippen molar-refractivity contribution in [1.82, 2.24) is 0 Å². The van der Waals surface area contributed by atoms with Crippen LogP contribution in [0.1, 0.15) is 20.8 Å². The van der Waals surface area contributed by atoms with Gasteiger partial charge in [-0.25, -0.2) is 0 Å². The van der Waals surface area contributed by atoms with E-state index in [0.29, 0.717) is 0 Å². The third-order valence-corrected chi connectivity index (χ3v) is 4.89. The minimum Gasteiger partial charge on any atom is -0.323 e. The lowest BCUT2D eigenvalue weighted by atomic mass is 10.5. The van der Waals surface area contributed by atoms with Crippen LogP contribution in [-0.2, 0) is 9.36 Å². The summed E-state index contributed by atoms with van der Waals surface area (Å²) in [6.07, 6.45) is 0.255. The molecule has 1 atom stereocenters. The highest BCUT2D eigenvalue weighted by molar-refractivity contribution is 7.64. The number of carbonyl (C=O) groups is 1. The molecule has 0 rings (SSSR count). The predicted octanol–water partition coefficient (Wildman–Crippen LogP) is 1.98. The Hall–Kier alpha value is -0.100. The molecule has 0 aromatic rings. The fraction of sp³-hybridized carbons (Fsp3) is 0.857. The Balaban J connectivity index is 4.14. The molecular weight excluding hydrogens is 147 g/mol. The first-order valence-corrected chi connectivity index (χ1v) is 5.83. The first kappa shape index (κ1) is 9.90. The summed E-state index contributed by atoms with van der Waals surface area (Å²) in [6, 6.07) is 0. The second-order valence-corrected chi connectivity index (χ2v) is 6.83. The summed E-state index contributed by atoms with van der Waals surface area (Å²) in [7, 11) is -2.17. The van der Waals surface area contributed by atoms with Crippen molar-refractivity contribution in [2.24, 2.45) is 0 Å². The van der Waals surface area contributed by atoms with E-state index >= 15 is 0 Å². The number of Topliss-reactive ketones (excluding diaryl/α,β-unsaturated/α-hetero) is 1. The summed E-state index contributed by atoms with van der Waals surface area (Å²) in [4.78, 5) is 10.6. The van der Waals surface area contributed by atoms with Crippen molar-refractivity contribution in [1.29, 1.82) is 0 Å². The standard InChI is InChI=1S/C7H15O2P/c1-6(2)10(4,9)5-7(3)8/h6H,5H2,1-4H3. The Kier molecular flexibility index (Phi) is 3.30. The van der Waals surface area contributed by atoms with E-state index in [1.807, 2.05) is 13.8 Å². The molecule has 0 radical (unpaired) electrons. The van der Waals surface area contributed by atoms with Crippen molar-refractivity contribution in [2.75, 3.05) is 12.8 Å². The molecule has 60 valence electrons. The van der Waals surface area contributed by atoms with Crippen molar-refractivity contribution >= 4 is 12.9 Å². The summed E-state index contributed by atoms with van der Waals surface area (Å²) >= 11 is 0. The van der Waals surface area contributed by atoms with E-state index in [4.69, 9.17) is 0 Å². The first-order chi connectivity index (χ1) is 4.36. The highest BCUT2D eigenvalue weighted by atomic mass is 31.2. The molecule has 0 aromatic heterocycles. The molecule has 3 heteroatoms. The molecule has 0 amide bonds. The van der Waals surface area contributed by atoms with Crippen LogP contribution in [0.25, 0.3) is 0 Å². The SMILES string of the molecule is CC(=O)CP(C)(=O)C(C)C. The summed E-state index contributed by atoms with van der Waals surface area (Å²) in [5, 5.41) is 0. The smallest absolute Gasteiger partial charge is 0.137 e. The molecule has 0 saturated heterocycles. The maximum atomic E-state index is 11.5. The fourth-order valence-electron chi connectivity index (χ4n) is 0.625. The van der Waals surface area contributed by atoms with Gasteiger partial charge in [-0.15, -0.1) is 0 Å². The quantitative estimate of drug-likeness (QED) is 0.594. The van der Waals surface area contributed by atoms with Gasteiger partial charge in [0, 0.05) is 5.66 Å². The van der Waals surface area contributed by atoms with Crippen molar-refractivity contribution in [3.05, 3.63) is 0 Å². The van der Waals surface area contributed by atoms with E-state index in [-0.39, 0.29) is 17.6 Å². The molecule has 1 unspecified atom stereocenters. The van der Waals surface area contributed by atoms with E-state index in [1.165, 1.54) is 6.92 Å². The lowest BCUT2D eigenvalue weighted by molar-refractivity contribution is -0.114. The van der Waals surface area contributed by atoms with Gasteiger partial charge in [-0.05, 0) is 13.6 Å². The van der Waals surface area contributed by atoms with Crippen molar-refractivity contribution < 1.29 is 9.36 Å². The van der Waals surface area contributed by atoms with Crippen LogP contribution in [0.4, 0.5) is 0 Å². The average Bonchev–Trinajstić information content (AvgIpc) is 1.60. The lowest BCUT2D eigenvalue weighted by Gasteiger charge is -2.14.